The topological polar surface area (TPSA) is 126 Å². The lowest BCUT2D eigenvalue weighted by Crippen LogP contribution is -2.15. The van der Waals surface area contributed by atoms with E-state index in [4.69, 9.17) is 47.4 Å². The molecule has 0 spiro atoms. The van der Waals surface area contributed by atoms with Gasteiger partial charge in [-0.3, -0.25) is 4.79 Å². The van der Waals surface area contributed by atoms with Crippen molar-refractivity contribution >= 4 is 11.9 Å². The molecule has 12 heteroatoms. The largest absolute Gasteiger partial charge is 0.463 e. The maximum absolute atomic E-state index is 11.8. The van der Waals surface area contributed by atoms with Crippen molar-refractivity contribution in [3.8, 4) is 0 Å². The van der Waals surface area contributed by atoms with E-state index in [2.05, 4.69) is 6.92 Å². The van der Waals surface area contributed by atoms with Crippen molar-refractivity contribution in [2.45, 2.75) is 45.4 Å². The Morgan fingerprint density at radius 3 is 1.20 bits per heavy atom. The van der Waals surface area contributed by atoms with Gasteiger partial charge in [0.05, 0.1) is 111 Å². The van der Waals surface area contributed by atoms with E-state index in [1.54, 1.807) is 24.3 Å². The Bertz CT molecular complexity index is 780. The fourth-order valence-electron chi connectivity index (χ4n) is 3.65. The van der Waals surface area contributed by atoms with Gasteiger partial charge in [0.1, 0.15) is 13.2 Å². The van der Waals surface area contributed by atoms with Crippen LogP contribution in [0.3, 0.4) is 0 Å². The molecule has 0 aliphatic heterocycles. The van der Waals surface area contributed by atoms with Crippen LogP contribution in [0.1, 0.15) is 55.8 Å². The Labute approximate surface area is 269 Å². The molecule has 0 atom stereocenters. The minimum atomic E-state index is -0.358. The molecule has 0 fully saturated rings. The zero-order valence-corrected chi connectivity index (χ0v) is 27.3. The van der Waals surface area contributed by atoms with Gasteiger partial charge in [0.25, 0.3) is 0 Å². The molecule has 260 valence electrons. The van der Waals surface area contributed by atoms with E-state index in [-0.39, 0.29) is 25.2 Å². The Morgan fingerprint density at radius 2 is 0.800 bits per heavy atom. The maximum Gasteiger partial charge on any atom is 0.338 e. The van der Waals surface area contributed by atoms with E-state index < -0.39 is 0 Å². The van der Waals surface area contributed by atoms with E-state index in [0.29, 0.717) is 118 Å². The summed E-state index contributed by atoms with van der Waals surface area (Å²) in [6, 6.07) is 8.84. The highest BCUT2D eigenvalue weighted by atomic mass is 16.6. The molecule has 1 aromatic rings. The van der Waals surface area contributed by atoms with Gasteiger partial charge in [-0.2, -0.15) is 0 Å². The van der Waals surface area contributed by atoms with Crippen molar-refractivity contribution in [1.82, 2.24) is 0 Å². The molecule has 0 N–H and O–H groups in total. The second kappa shape index (κ2) is 33.2. The Balaban J connectivity index is 1.66. The van der Waals surface area contributed by atoms with Gasteiger partial charge < -0.3 is 47.4 Å². The molecule has 0 amide bonds. The molecular weight excluding hydrogens is 588 g/mol. The van der Waals surface area contributed by atoms with Gasteiger partial charge in [-0.15, -0.1) is 0 Å². The number of hydrogen-bond donors (Lipinski definition) is 0. The molecule has 0 aromatic heterocycles. The van der Waals surface area contributed by atoms with Gasteiger partial charge in [0.15, 0.2) is 0 Å². The summed E-state index contributed by atoms with van der Waals surface area (Å²) in [5.74, 6) is -0.509. The first kappa shape index (κ1) is 40.9. The number of esters is 2. The minimum absolute atomic E-state index is 0.151. The quantitative estimate of drug-likeness (QED) is 0.0798. The summed E-state index contributed by atoms with van der Waals surface area (Å²) in [4.78, 5) is 23.4. The van der Waals surface area contributed by atoms with Crippen LogP contribution in [0.25, 0.3) is 0 Å². The highest BCUT2D eigenvalue weighted by molar-refractivity contribution is 5.89. The monoisotopic (exact) mass is 644 g/mol. The molecule has 0 bridgehead atoms. The molecule has 0 aliphatic carbocycles. The van der Waals surface area contributed by atoms with Gasteiger partial charge >= 0.3 is 11.9 Å². The Kier molecular flexibility index (Phi) is 30.2. The van der Waals surface area contributed by atoms with Crippen LogP contribution in [-0.2, 0) is 52.2 Å². The summed E-state index contributed by atoms with van der Waals surface area (Å²) in [5, 5.41) is 0. The number of rotatable bonds is 34. The number of unbranched alkanes of at least 4 members (excludes halogenated alkanes) is 4. The summed E-state index contributed by atoms with van der Waals surface area (Å²) in [7, 11) is 0. The third-order valence-electron chi connectivity index (χ3n) is 6.05. The summed E-state index contributed by atoms with van der Waals surface area (Å²) in [6.07, 6.45) is 6.06. The predicted octanol–water partition coefficient (Wildman–Crippen LogP) is 3.88. The van der Waals surface area contributed by atoms with E-state index >= 15 is 0 Å². The summed E-state index contributed by atoms with van der Waals surface area (Å²) >= 11 is 0. The highest BCUT2D eigenvalue weighted by Crippen LogP contribution is 2.05. The fraction of sp³-hybridized carbons (Fsp3) is 0.758. The van der Waals surface area contributed by atoms with Crippen molar-refractivity contribution in [1.29, 1.82) is 0 Å². The molecule has 45 heavy (non-hydrogen) atoms. The number of ether oxygens (including phenoxy) is 10. The molecule has 0 heterocycles. The molecule has 0 unspecified atom stereocenters. The summed E-state index contributed by atoms with van der Waals surface area (Å²) in [6.45, 7) is 9.92. The van der Waals surface area contributed by atoms with Crippen LogP contribution in [0.4, 0.5) is 0 Å². The SMILES string of the molecule is CCCCCCCC(=O)OCCOCCOCCOCCOCCOCCOCCOCCOCCOC(=O)c1ccccc1. The normalized spacial score (nSPS) is 11.1. The van der Waals surface area contributed by atoms with Crippen LogP contribution in [-0.4, -0.2) is 131 Å². The molecule has 0 aliphatic rings. The third-order valence-corrected chi connectivity index (χ3v) is 6.05. The average Bonchev–Trinajstić information content (AvgIpc) is 3.06. The molecule has 1 aromatic carbocycles. The lowest BCUT2D eigenvalue weighted by atomic mass is 10.1. The third kappa shape index (κ3) is 29.0. The lowest BCUT2D eigenvalue weighted by Gasteiger charge is -2.09. The van der Waals surface area contributed by atoms with Crippen LogP contribution in [0, 0.1) is 0 Å². The zero-order chi connectivity index (χ0) is 32.3. The van der Waals surface area contributed by atoms with Crippen LogP contribution >= 0.6 is 0 Å². The smallest absolute Gasteiger partial charge is 0.338 e. The number of carbonyl (C=O) groups excluding carboxylic acids is 2. The summed E-state index contributed by atoms with van der Waals surface area (Å²) < 4.78 is 53.8. The van der Waals surface area contributed by atoms with Gasteiger partial charge in [0, 0.05) is 6.42 Å². The first-order chi connectivity index (χ1) is 22.2. The van der Waals surface area contributed by atoms with Crippen molar-refractivity contribution in [3.05, 3.63) is 35.9 Å². The van der Waals surface area contributed by atoms with E-state index in [0.717, 1.165) is 12.8 Å². The molecular formula is C33H56O12. The zero-order valence-electron chi connectivity index (χ0n) is 27.3. The highest BCUT2D eigenvalue weighted by Gasteiger charge is 2.05. The number of carbonyl (C=O) groups is 2. The Morgan fingerprint density at radius 1 is 0.444 bits per heavy atom. The Hall–Kier alpha value is -2.16. The van der Waals surface area contributed by atoms with Gasteiger partial charge in [0.2, 0.25) is 0 Å². The first-order valence-electron chi connectivity index (χ1n) is 16.2. The standard InChI is InChI=1S/C33H56O12/c1-2-3-4-5-9-12-32(34)44-29-27-42-25-23-40-21-19-38-17-15-36-13-14-37-16-18-39-20-22-41-24-26-43-28-30-45-33(35)31-10-7-6-8-11-31/h6-8,10-11H,2-5,9,12-30H2,1H3. The lowest BCUT2D eigenvalue weighted by molar-refractivity contribution is -0.145. The van der Waals surface area contributed by atoms with E-state index in [1.165, 1.54) is 19.3 Å². The van der Waals surface area contributed by atoms with Crippen molar-refractivity contribution in [2.24, 2.45) is 0 Å². The van der Waals surface area contributed by atoms with Crippen LogP contribution in [0.2, 0.25) is 0 Å². The molecule has 1 rings (SSSR count). The molecule has 0 saturated heterocycles. The van der Waals surface area contributed by atoms with Gasteiger partial charge in [-0.25, -0.2) is 4.79 Å². The second-order valence-electron chi connectivity index (χ2n) is 9.79. The van der Waals surface area contributed by atoms with Gasteiger partial charge in [-0.05, 0) is 18.6 Å². The predicted molar refractivity (Wildman–Crippen MR) is 168 cm³/mol. The second-order valence-corrected chi connectivity index (χ2v) is 9.79. The average molecular weight is 645 g/mol. The number of hydrogen-bond acceptors (Lipinski definition) is 12. The van der Waals surface area contributed by atoms with Gasteiger partial charge in [-0.1, -0.05) is 50.8 Å². The van der Waals surface area contributed by atoms with Crippen molar-refractivity contribution in [3.63, 3.8) is 0 Å². The first-order valence-corrected chi connectivity index (χ1v) is 16.2. The maximum atomic E-state index is 11.8. The number of benzene rings is 1. The van der Waals surface area contributed by atoms with Crippen LogP contribution in [0.5, 0.6) is 0 Å². The van der Waals surface area contributed by atoms with E-state index in [1.807, 2.05) is 6.07 Å². The van der Waals surface area contributed by atoms with Crippen molar-refractivity contribution in [2.75, 3.05) is 119 Å². The van der Waals surface area contributed by atoms with Crippen molar-refractivity contribution < 1.29 is 57.0 Å². The molecule has 12 nitrogen and oxygen atoms in total. The molecule has 0 saturated carbocycles. The summed E-state index contributed by atoms with van der Waals surface area (Å²) in [5.41, 5.74) is 0.524. The van der Waals surface area contributed by atoms with E-state index in [9.17, 15) is 9.59 Å². The van der Waals surface area contributed by atoms with Crippen LogP contribution < -0.4 is 0 Å². The fourth-order valence-corrected chi connectivity index (χ4v) is 3.65. The minimum Gasteiger partial charge on any atom is -0.463 e. The van der Waals surface area contributed by atoms with Crippen LogP contribution in [0.15, 0.2) is 30.3 Å². The molecule has 0 radical (unpaired) electrons.